The maximum absolute atomic E-state index is 12.8. The molecule has 0 spiro atoms. The first-order valence-corrected chi connectivity index (χ1v) is 5.77. The number of hydrogen-bond donors (Lipinski definition) is 3. The predicted molar refractivity (Wildman–Crippen MR) is 66.9 cm³/mol. The molecule has 9 heteroatoms. The van der Waals surface area contributed by atoms with Crippen molar-refractivity contribution >= 4 is 11.6 Å². The van der Waals surface area contributed by atoms with Crippen LogP contribution in [-0.4, -0.2) is 11.1 Å². The van der Waals surface area contributed by atoms with Crippen LogP contribution in [0.4, 0.5) is 18.9 Å². The quantitative estimate of drug-likeness (QED) is 0.592. The zero-order valence-corrected chi connectivity index (χ0v) is 10.6. The number of hydrogen-bond acceptors (Lipinski definition) is 5. The Bertz CT molecular complexity index is 626. The van der Waals surface area contributed by atoms with Crippen LogP contribution >= 0.6 is 0 Å². The van der Waals surface area contributed by atoms with E-state index >= 15 is 0 Å². The summed E-state index contributed by atoms with van der Waals surface area (Å²) < 4.78 is 43.3. The lowest BCUT2D eigenvalue weighted by Gasteiger charge is -2.13. The summed E-state index contributed by atoms with van der Waals surface area (Å²) in [6.45, 7) is 0.0249. The first kappa shape index (κ1) is 14.9. The van der Waals surface area contributed by atoms with Crippen LogP contribution in [0.15, 0.2) is 35.0 Å². The van der Waals surface area contributed by atoms with Crippen LogP contribution < -0.4 is 16.6 Å². The number of carbonyl (C=O) groups is 1. The first-order valence-electron chi connectivity index (χ1n) is 5.77. The highest BCUT2D eigenvalue weighted by Crippen LogP contribution is 2.35. The lowest BCUT2D eigenvalue weighted by molar-refractivity contribution is -0.137. The Balaban J connectivity index is 2.17. The second-order valence-electron chi connectivity index (χ2n) is 4.06. The number of amides is 1. The number of benzene rings is 1. The van der Waals surface area contributed by atoms with Gasteiger partial charge in [-0.25, -0.2) is 0 Å². The number of aromatic nitrogens is 1. The standard InChI is InChI=1S/C12H11F3N4O2/c13-12(14,15)9-5-7(1-2-10(9)19-16)11(20)17-6-8-3-4-18-21-8/h1-5,19H,6,16H2,(H,17,20). The van der Waals surface area contributed by atoms with Crippen LogP contribution in [0.5, 0.6) is 0 Å². The van der Waals surface area contributed by atoms with Gasteiger partial charge in [0, 0.05) is 11.6 Å². The second-order valence-corrected chi connectivity index (χ2v) is 4.06. The van der Waals surface area contributed by atoms with Crippen molar-refractivity contribution in [3.63, 3.8) is 0 Å². The molecular formula is C12H11F3N4O2. The van der Waals surface area contributed by atoms with Crippen LogP contribution in [0.1, 0.15) is 21.7 Å². The smallest absolute Gasteiger partial charge is 0.360 e. The lowest BCUT2D eigenvalue weighted by Crippen LogP contribution is -2.23. The first-order chi connectivity index (χ1) is 9.91. The van der Waals surface area contributed by atoms with E-state index in [-0.39, 0.29) is 17.8 Å². The number of nitrogens with one attached hydrogen (secondary N) is 2. The van der Waals surface area contributed by atoms with Gasteiger partial charge in [-0.05, 0) is 18.2 Å². The topological polar surface area (TPSA) is 93.2 Å². The van der Waals surface area contributed by atoms with Gasteiger partial charge in [-0.15, -0.1) is 0 Å². The summed E-state index contributed by atoms with van der Waals surface area (Å²) in [4.78, 5) is 11.8. The van der Waals surface area contributed by atoms with Crippen molar-refractivity contribution in [3.8, 4) is 0 Å². The SMILES string of the molecule is NNc1ccc(C(=O)NCc2ccno2)cc1C(F)(F)F. The minimum Gasteiger partial charge on any atom is -0.360 e. The van der Waals surface area contributed by atoms with Crippen LogP contribution in [0.3, 0.4) is 0 Å². The monoisotopic (exact) mass is 300 g/mol. The Morgan fingerprint density at radius 1 is 1.33 bits per heavy atom. The van der Waals surface area contributed by atoms with Crippen molar-refractivity contribution in [1.29, 1.82) is 0 Å². The molecule has 0 bridgehead atoms. The van der Waals surface area contributed by atoms with Gasteiger partial charge in [0.25, 0.3) is 5.91 Å². The zero-order chi connectivity index (χ0) is 15.5. The van der Waals surface area contributed by atoms with Crippen molar-refractivity contribution in [1.82, 2.24) is 10.5 Å². The molecule has 0 aliphatic rings. The third-order valence-corrected chi connectivity index (χ3v) is 2.66. The fraction of sp³-hybridized carbons (Fsp3) is 0.167. The number of nitrogens with two attached hydrogens (primary N) is 1. The Morgan fingerprint density at radius 3 is 2.67 bits per heavy atom. The number of rotatable bonds is 4. The molecular weight excluding hydrogens is 289 g/mol. The number of hydrazine groups is 1. The lowest BCUT2D eigenvalue weighted by atomic mass is 10.1. The Labute approximate surface area is 117 Å². The largest absolute Gasteiger partial charge is 0.418 e. The molecule has 2 rings (SSSR count). The van der Waals surface area contributed by atoms with Gasteiger partial charge in [0.1, 0.15) is 0 Å². The summed E-state index contributed by atoms with van der Waals surface area (Å²) in [7, 11) is 0. The van der Waals surface area contributed by atoms with Gasteiger partial charge in [-0.3, -0.25) is 10.6 Å². The molecule has 0 unspecified atom stereocenters. The molecule has 1 aromatic heterocycles. The number of nitrogens with zero attached hydrogens (tertiary/aromatic N) is 1. The van der Waals surface area contributed by atoms with E-state index in [1.54, 1.807) is 0 Å². The normalized spacial score (nSPS) is 11.2. The molecule has 21 heavy (non-hydrogen) atoms. The average Bonchev–Trinajstić information content (AvgIpc) is 2.96. The summed E-state index contributed by atoms with van der Waals surface area (Å²) in [6.07, 6.45) is -3.23. The van der Waals surface area contributed by atoms with Crippen molar-refractivity contribution in [2.24, 2.45) is 5.84 Å². The highest BCUT2D eigenvalue weighted by Gasteiger charge is 2.34. The third kappa shape index (κ3) is 3.51. The van der Waals surface area contributed by atoms with Gasteiger partial charge in [-0.1, -0.05) is 5.16 Å². The van der Waals surface area contributed by atoms with E-state index in [9.17, 15) is 18.0 Å². The summed E-state index contributed by atoms with van der Waals surface area (Å²) in [5, 5.41) is 5.87. The van der Waals surface area contributed by atoms with E-state index in [4.69, 9.17) is 10.4 Å². The Morgan fingerprint density at radius 2 is 2.10 bits per heavy atom. The van der Waals surface area contributed by atoms with E-state index in [1.807, 2.05) is 5.43 Å². The molecule has 112 valence electrons. The number of halogens is 3. The zero-order valence-electron chi connectivity index (χ0n) is 10.6. The molecule has 1 aromatic carbocycles. The molecule has 2 aromatic rings. The Kier molecular flexibility index (Phi) is 4.13. The summed E-state index contributed by atoms with van der Waals surface area (Å²) in [6, 6.07) is 4.58. The van der Waals surface area contributed by atoms with Gasteiger partial charge >= 0.3 is 6.18 Å². The summed E-state index contributed by atoms with van der Waals surface area (Å²) >= 11 is 0. The van der Waals surface area contributed by atoms with Gasteiger partial charge in [-0.2, -0.15) is 13.2 Å². The van der Waals surface area contributed by atoms with E-state index in [0.29, 0.717) is 5.76 Å². The highest BCUT2D eigenvalue weighted by atomic mass is 19.4. The van der Waals surface area contributed by atoms with E-state index < -0.39 is 17.6 Å². The third-order valence-electron chi connectivity index (χ3n) is 2.66. The Hall–Kier alpha value is -2.55. The summed E-state index contributed by atoms with van der Waals surface area (Å²) in [5.41, 5.74) is 0.482. The van der Waals surface area contributed by atoms with Gasteiger partial charge in [0.05, 0.1) is 24.0 Å². The van der Waals surface area contributed by atoms with Gasteiger partial charge in [0.2, 0.25) is 0 Å². The molecule has 1 amide bonds. The molecule has 6 nitrogen and oxygen atoms in total. The van der Waals surface area contributed by atoms with Crippen molar-refractivity contribution in [2.45, 2.75) is 12.7 Å². The maximum Gasteiger partial charge on any atom is 0.418 e. The highest BCUT2D eigenvalue weighted by molar-refractivity contribution is 5.94. The number of nitrogen functional groups attached to an aromatic ring is 1. The number of alkyl halides is 3. The summed E-state index contributed by atoms with van der Waals surface area (Å²) in [5.74, 6) is 4.75. The second kappa shape index (κ2) is 5.83. The minimum absolute atomic E-state index is 0.0249. The van der Waals surface area contributed by atoms with Crippen molar-refractivity contribution in [2.75, 3.05) is 5.43 Å². The van der Waals surface area contributed by atoms with E-state index in [0.717, 1.165) is 12.1 Å². The van der Waals surface area contributed by atoms with Crippen LogP contribution in [0.2, 0.25) is 0 Å². The average molecular weight is 300 g/mol. The molecule has 1 heterocycles. The van der Waals surface area contributed by atoms with Crippen molar-refractivity contribution < 1.29 is 22.5 Å². The molecule has 0 saturated heterocycles. The maximum atomic E-state index is 12.8. The fourth-order valence-electron chi connectivity index (χ4n) is 1.65. The number of anilines is 1. The van der Waals surface area contributed by atoms with Crippen LogP contribution in [0, 0.1) is 0 Å². The molecule has 0 fully saturated rings. The molecule has 0 saturated carbocycles. The van der Waals surface area contributed by atoms with E-state index in [2.05, 4.69) is 10.5 Å². The predicted octanol–water partition coefficient (Wildman–Crippen LogP) is 1.91. The minimum atomic E-state index is -4.62. The fourth-order valence-corrected chi connectivity index (χ4v) is 1.65. The van der Waals surface area contributed by atoms with Gasteiger partial charge < -0.3 is 15.3 Å². The van der Waals surface area contributed by atoms with E-state index in [1.165, 1.54) is 18.3 Å². The molecule has 0 aliphatic carbocycles. The molecule has 0 aliphatic heterocycles. The van der Waals surface area contributed by atoms with Crippen molar-refractivity contribution in [3.05, 3.63) is 47.3 Å². The van der Waals surface area contributed by atoms with Crippen LogP contribution in [-0.2, 0) is 12.7 Å². The van der Waals surface area contributed by atoms with Crippen LogP contribution in [0.25, 0.3) is 0 Å². The van der Waals surface area contributed by atoms with Gasteiger partial charge in [0.15, 0.2) is 5.76 Å². The molecule has 4 N–H and O–H groups in total. The molecule has 0 atom stereocenters. The molecule has 0 radical (unpaired) electrons. The number of carbonyl (C=O) groups excluding carboxylic acids is 1.